The van der Waals surface area contributed by atoms with Gasteiger partial charge in [-0.3, -0.25) is 9.11 Å². The Morgan fingerprint density at radius 3 is 2.00 bits per heavy atom. The topological polar surface area (TPSA) is 109 Å². The molecule has 0 radical (unpaired) electrons. The zero-order valence-corrected chi connectivity index (χ0v) is 11.6. The fourth-order valence-electron chi connectivity index (χ4n) is 2.82. The summed E-state index contributed by atoms with van der Waals surface area (Å²) in [4.78, 5) is 0. The van der Waals surface area contributed by atoms with Gasteiger partial charge in [0.2, 0.25) is 0 Å². The van der Waals surface area contributed by atoms with Crippen LogP contribution in [0.3, 0.4) is 0 Å². The fourth-order valence-corrected chi connectivity index (χ4v) is 5.46. The van der Waals surface area contributed by atoms with Crippen LogP contribution in [0.25, 0.3) is 10.8 Å². The molecule has 0 aliphatic heterocycles. The number of benzene rings is 2. The van der Waals surface area contributed by atoms with Crippen LogP contribution in [-0.2, 0) is 30.7 Å². The van der Waals surface area contributed by atoms with Crippen LogP contribution in [0.5, 0.6) is 0 Å². The lowest BCUT2D eigenvalue weighted by molar-refractivity contribution is 0.426. The first-order chi connectivity index (χ1) is 9.18. The maximum Gasteiger partial charge on any atom is 0.292 e. The summed E-state index contributed by atoms with van der Waals surface area (Å²) in [6, 6.07) is 9.41. The molecule has 0 bridgehead atoms. The molecule has 0 aromatic heterocycles. The molecule has 0 saturated heterocycles. The van der Waals surface area contributed by atoms with Gasteiger partial charge in [-0.05, 0) is 16.3 Å². The first kappa shape index (κ1) is 13.5. The summed E-state index contributed by atoms with van der Waals surface area (Å²) >= 11 is 0. The highest BCUT2D eigenvalue weighted by molar-refractivity contribution is 8.04. The van der Waals surface area contributed by atoms with E-state index in [0.717, 1.165) is 0 Å². The minimum atomic E-state index is -5.07. The Kier molecular flexibility index (Phi) is 2.56. The summed E-state index contributed by atoms with van der Waals surface area (Å²) in [6.07, 6.45) is -0.513. The lowest BCUT2D eigenvalue weighted by Crippen LogP contribution is -2.42. The lowest BCUT2D eigenvalue weighted by atomic mass is 10.1. The molecule has 0 heterocycles. The molecular formula is C12H10O6S2. The minimum absolute atomic E-state index is 0.115. The van der Waals surface area contributed by atoms with Gasteiger partial charge >= 0.3 is 0 Å². The van der Waals surface area contributed by atoms with Crippen molar-refractivity contribution >= 4 is 31.0 Å². The second-order valence-electron chi connectivity index (χ2n) is 4.70. The number of rotatable bonds is 2. The predicted octanol–water partition coefficient (Wildman–Crippen LogP) is 1.32. The highest BCUT2D eigenvalue weighted by Crippen LogP contribution is 2.48. The lowest BCUT2D eigenvalue weighted by Gasteiger charge is -2.23. The first-order valence-electron chi connectivity index (χ1n) is 5.64. The third-order valence-electron chi connectivity index (χ3n) is 3.66. The van der Waals surface area contributed by atoms with Gasteiger partial charge in [-0.15, -0.1) is 0 Å². The van der Waals surface area contributed by atoms with Crippen LogP contribution < -0.4 is 0 Å². The third kappa shape index (κ3) is 1.50. The SMILES string of the molecule is O=S(=O)(O)C1(S(=O)(=O)O)Cc2cccc3cccc1c23. The smallest absolute Gasteiger partial charge is 0.284 e. The minimum Gasteiger partial charge on any atom is -0.284 e. The van der Waals surface area contributed by atoms with Gasteiger partial charge < -0.3 is 0 Å². The highest BCUT2D eigenvalue weighted by Gasteiger charge is 2.59. The summed E-state index contributed by atoms with van der Waals surface area (Å²) in [5, 5.41) is 1.08. The molecule has 3 rings (SSSR count). The summed E-state index contributed by atoms with van der Waals surface area (Å²) in [5.41, 5.74) is 0.337. The maximum absolute atomic E-state index is 11.7. The standard InChI is InChI=1S/C12H10O6S2/c13-19(14,15)12(20(16,17)18)7-9-5-1-3-8-4-2-6-10(12)11(8)9/h1-6H,7H2,(H,13,14,15)(H,16,17,18). The summed E-state index contributed by atoms with van der Waals surface area (Å²) in [7, 11) is -10.1. The molecule has 1 aliphatic carbocycles. The van der Waals surface area contributed by atoms with E-state index in [0.29, 0.717) is 16.3 Å². The molecule has 1 aliphatic rings. The molecule has 8 heteroatoms. The van der Waals surface area contributed by atoms with Crippen LogP contribution in [0, 0.1) is 0 Å². The molecular weight excluding hydrogens is 304 g/mol. The van der Waals surface area contributed by atoms with Crippen molar-refractivity contribution in [3.05, 3.63) is 47.5 Å². The van der Waals surface area contributed by atoms with E-state index in [4.69, 9.17) is 0 Å². The van der Waals surface area contributed by atoms with Gasteiger partial charge in [0, 0.05) is 12.0 Å². The van der Waals surface area contributed by atoms with E-state index in [9.17, 15) is 25.9 Å². The molecule has 2 aromatic carbocycles. The van der Waals surface area contributed by atoms with E-state index in [1.807, 2.05) is 0 Å². The molecule has 0 saturated carbocycles. The van der Waals surface area contributed by atoms with E-state index >= 15 is 0 Å². The summed E-state index contributed by atoms with van der Waals surface area (Å²) < 4.78 is 63.1. The molecule has 0 spiro atoms. The Hall–Kier alpha value is -1.48. The fraction of sp³-hybridized carbons (Fsp3) is 0.167. The zero-order chi connectivity index (χ0) is 14.8. The van der Waals surface area contributed by atoms with Crippen molar-refractivity contribution < 1.29 is 25.9 Å². The van der Waals surface area contributed by atoms with Gasteiger partial charge in [0.05, 0.1) is 0 Å². The van der Waals surface area contributed by atoms with Gasteiger partial charge in [-0.25, -0.2) is 0 Å². The van der Waals surface area contributed by atoms with Gasteiger partial charge in [0.25, 0.3) is 24.3 Å². The van der Waals surface area contributed by atoms with E-state index < -0.39 is 30.7 Å². The molecule has 0 atom stereocenters. The average molecular weight is 314 g/mol. The molecule has 2 aromatic rings. The Morgan fingerprint density at radius 2 is 1.45 bits per heavy atom. The van der Waals surface area contributed by atoms with Crippen molar-refractivity contribution in [2.75, 3.05) is 0 Å². The van der Waals surface area contributed by atoms with E-state index in [1.165, 1.54) is 12.1 Å². The Balaban J connectivity index is 2.55. The maximum atomic E-state index is 11.7. The number of hydrogen-bond acceptors (Lipinski definition) is 4. The monoisotopic (exact) mass is 314 g/mol. The van der Waals surface area contributed by atoms with Crippen molar-refractivity contribution in [3.63, 3.8) is 0 Å². The van der Waals surface area contributed by atoms with Crippen LogP contribution in [0.4, 0.5) is 0 Å². The molecule has 2 N–H and O–H groups in total. The Morgan fingerprint density at radius 1 is 0.900 bits per heavy atom. The van der Waals surface area contributed by atoms with E-state index in [-0.39, 0.29) is 5.56 Å². The second kappa shape index (κ2) is 3.79. The predicted molar refractivity (Wildman–Crippen MR) is 72.4 cm³/mol. The van der Waals surface area contributed by atoms with Crippen molar-refractivity contribution in [3.8, 4) is 0 Å². The quantitative estimate of drug-likeness (QED) is 0.809. The van der Waals surface area contributed by atoms with Crippen LogP contribution >= 0.6 is 0 Å². The Labute approximate surface area is 115 Å². The molecule has 106 valence electrons. The zero-order valence-electron chi connectivity index (χ0n) is 10.0. The van der Waals surface area contributed by atoms with Gasteiger partial charge in [-0.1, -0.05) is 36.4 Å². The number of hydrogen-bond donors (Lipinski definition) is 2. The molecule has 0 amide bonds. The van der Waals surface area contributed by atoms with Gasteiger partial charge in [0.1, 0.15) is 0 Å². The van der Waals surface area contributed by atoms with Crippen LogP contribution in [0.15, 0.2) is 36.4 Å². The summed E-state index contributed by atoms with van der Waals surface area (Å²) in [5.74, 6) is 0. The van der Waals surface area contributed by atoms with Crippen molar-refractivity contribution in [1.29, 1.82) is 0 Å². The second-order valence-corrected chi connectivity index (χ2v) is 8.25. The first-order valence-corrected chi connectivity index (χ1v) is 8.52. The molecule has 20 heavy (non-hydrogen) atoms. The third-order valence-corrected chi connectivity index (χ3v) is 7.32. The van der Waals surface area contributed by atoms with E-state index in [1.54, 1.807) is 24.3 Å². The van der Waals surface area contributed by atoms with Crippen molar-refractivity contribution in [1.82, 2.24) is 0 Å². The molecule has 0 unspecified atom stereocenters. The Bertz CT molecular complexity index is 890. The van der Waals surface area contributed by atoms with Gasteiger partial charge in [0.15, 0.2) is 0 Å². The summed E-state index contributed by atoms with van der Waals surface area (Å²) in [6.45, 7) is 0. The average Bonchev–Trinajstić information content (AvgIpc) is 2.67. The van der Waals surface area contributed by atoms with Crippen LogP contribution in [0.2, 0.25) is 0 Å². The largest absolute Gasteiger partial charge is 0.292 e. The molecule has 6 nitrogen and oxygen atoms in total. The molecule has 0 fully saturated rings. The van der Waals surface area contributed by atoms with E-state index in [2.05, 4.69) is 0 Å². The normalized spacial score (nSPS) is 17.5. The van der Waals surface area contributed by atoms with Crippen LogP contribution in [-0.4, -0.2) is 25.9 Å². The van der Waals surface area contributed by atoms with Crippen LogP contribution in [0.1, 0.15) is 11.1 Å². The van der Waals surface area contributed by atoms with Crippen molar-refractivity contribution in [2.45, 2.75) is 10.5 Å². The highest BCUT2D eigenvalue weighted by atomic mass is 32.3. The van der Waals surface area contributed by atoms with Gasteiger partial charge in [-0.2, -0.15) is 16.8 Å². The van der Waals surface area contributed by atoms with Crippen molar-refractivity contribution in [2.24, 2.45) is 0 Å².